The lowest BCUT2D eigenvalue weighted by molar-refractivity contribution is -0.165. The van der Waals surface area contributed by atoms with Gasteiger partial charge in [-0.2, -0.15) is 35.1 Å². The van der Waals surface area contributed by atoms with Crippen LogP contribution in [0, 0.1) is 74.2 Å². The number of rotatable bonds is 19. The van der Waals surface area contributed by atoms with Crippen LogP contribution in [0.4, 0.5) is 97.8 Å². The SMILES string of the molecule is C=C(N1[C@@H]2CC[C@H]1CC(N)C2)C(F)(F)c1cc(C(=O)Nc2ccc(F)c(C)c2)ccc1F.CC(=O)NC1C[C@H]2CC[C@@H](C1)N2C(=O)C(F)(F)c1cc(C(=O)Nc2ccc(F)c(C)c2)ccc1F.Cc1cc(NC(=O)c2ccc(F)c(C(F)(F)C(=O)N3[C@@H]4CC[C@H]3CC(N)C4)c2)ccc1F.Cc1cc(NC(=O)c2ccc(F)c(C(F)(F)C(=O)N3[C@@H]4CC[C@H]3CC(NC(=O)OC(C)(C)C)C4)c2)ccc1F. The first kappa shape index (κ1) is 103. The number of hydrogen-bond donors (Lipinski definition) is 8. The molecule has 0 aliphatic carbocycles. The van der Waals surface area contributed by atoms with Crippen molar-refractivity contribution in [2.75, 3.05) is 21.3 Å². The zero-order valence-corrected chi connectivity index (χ0v) is 76.4. The molecule has 9 amide bonds. The monoisotopic (exact) mass is 1940 g/mol. The van der Waals surface area contributed by atoms with Gasteiger partial charge in [-0.3, -0.25) is 38.4 Å². The summed E-state index contributed by atoms with van der Waals surface area (Å²) in [6.45, 7) is 16.2. The van der Waals surface area contributed by atoms with E-state index in [4.69, 9.17) is 16.2 Å². The van der Waals surface area contributed by atoms with Gasteiger partial charge in [0.15, 0.2) is 0 Å². The van der Waals surface area contributed by atoms with Crippen molar-refractivity contribution in [2.45, 2.75) is 260 Å². The zero-order valence-electron chi connectivity index (χ0n) is 76.4. The molecule has 8 aromatic carbocycles. The Bertz CT molecular complexity index is 5840. The molecule has 0 saturated carbocycles. The molecule has 8 saturated heterocycles. The van der Waals surface area contributed by atoms with Gasteiger partial charge in [0.05, 0.1) is 28.0 Å². The average molecular weight is 1940 g/mol. The number of carbonyl (C=O) groups excluding carboxylic acids is 9. The summed E-state index contributed by atoms with van der Waals surface area (Å²) in [6, 6.07) is 21.7. The highest BCUT2D eigenvalue weighted by Crippen LogP contribution is 2.49. The number of aryl methyl sites for hydroxylation is 4. The number of benzene rings is 8. The lowest BCUT2D eigenvalue weighted by Gasteiger charge is -2.42. The van der Waals surface area contributed by atoms with E-state index in [-0.39, 0.29) is 111 Å². The second-order valence-electron chi connectivity index (χ2n) is 37.4. The molecule has 138 heavy (non-hydrogen) atoms. The summed E-state index contributed by atoms with van der Waals surface area (Å²) >= 11 is 0. The number of nitrogens with one attached hydrogen (secondary N) is 6. The number of piperidine rings is 4. The molecule has 8 aliphatic heterocycles. The van der Waals surface area contributed by atoms with Crippen LogP contribution in [0.15, 0.2) is 158 Å². The molecule has 4 unspecified atom stereocenters. The highest BCUT2D eigenvalue weighted by molar-refractivity contribution is 6.07. The Morgan fingerprint density at radius 2 is 0.551 bits per heavy atom. The maximum absolute atomic E-state index is 15.5. The molecular weight excluding hydrogens is 1830 g/mol. The Labute approximate surface area is 784 Å². The topological polar surface area (TPSA) is 300 Å². The summed E-state index contributed by atoms with van der Waals surface area (Å²) in [6.07, 6.45) is 7.29. The second-order valence-corrected chi connectivity index (χ2v) is 37.4. The molecule has 8 fully saturated rings. The summed E-state index contributed by atoms with van der Waals surface area (Å²) in [7, 11) is 0. The number of fused-ring (bicyclic) bond motifs is 8. The Hall–Kier alpha value is -12.9. The Kier molecular flexibility index (Phi) is 30.5. The van der Waals surface area contributed by atoms with Crippen molar-refractivity contribution in [1.29, 1.82) is 0 Å². The summed E-state index contributed by atoms with van der Waals surface area (Å²) in [5.74, 6) is -31.0. The molecule has 0 radical (unpaired) electrons. The standard InChI is InChI=1S/C28H31F4N3O4.C25H25F4N3O3.C24H25F4N3O.C23H23F4N3O2/c1-15-11-17(6-10-22(15)29)33-24(36)16-5-9-23(30)21(12-16)28(31,32)25(37)35-19-7-8-20(35)14-18(13-19)34-26(38)39-27(2,3)4;1-13-9-16(4-8-21(13)26)31-23(34)15-3-7-22(27)20(10-15)25(28,29)24(35)32-18-5-6-19(32)12-17(11-18)30-14(2)33;1-13-9-17(4-8-21(13)25)30-23(32)15-3-7-22(26)20(10-15)24(27,28)14(2)31-18-5-6-19(31)12-16(29)11-18;1-12-8-15(3-7-19(12)24)29-21(31)13-2-6-20(25)18(9-13)23(26,27)22(32)30-16-4-5-17(30)11-14(28)10-16/h5-6,9-12,18-20H,7-8,13-14H2,1-4H3,(H,33,36)(H,34,38);3-4,7-10,17-19H,5-6,11-12H2,1-2H3,(H,30,33)(H,31,34);3-4,7-10,16,18-19H,2,5-6,11-12,29H2,1H3,(H,30,32);2-3,6-9,14,16-17H,4-5,10-11,28H2,1H3,(H,29,31)/t18?,19-,20+;17?,18-,19+;16?,18-,19+;14?,16-,17+. The van der Waals surface area contributed by atoms with Crippen molar-refractivity contribution in [2.24, 2.45) is 11.5 Å². The number of nitrogens with zero attached hydrogens (tertiary/aromatic N) is 4. The van der Waals surface area contributed by atoms with Crippen LogP contribution < -0.4 is 43.4 Å². The molecule has 8 bridgehead atoms. The molecule has 10 N–H and O–H groups in total. The number of amides is 9. The van der Waals surface area contributed by atoms with Crippen molar-refractivity contribution >= 4 is 76.1 Å². The first-order valence-electron chi connectivity index (χ1n) is 45.0. The van der Waals surface area contributed by atoms with Gasteiger partial charge in [0.25, 0.3) is 41.4 Å². The molecule has 16 rings (SSSR count). The van der Waals surface area contributed by atoms with Crippen LogP contribution in [-0.4, -0.2) is 151 Å². The van der Waals surface area contributed by atoms with Gasteiger partial charge in [-0.25, -0.2) is 39.9 Å². The number of alkyl carbamates (subject to hydrolysis) is 1. The van der Waals surface area contributed by atoms with E-state index in [2.05, 4.69) is 38.5 Å². The molecule has 0 aromatic heterocycles. The van der Waals surface area contributed by atoms with E-state index >= 15 is 35.1 Å². The van der Waals surface area contributed by atoms with Crippen LogP contribution in [0.2, 0.25) is 0 Å². The summed E-state index contributed by atoms with van der Waals surface area (Å²) in [5, 5.41) is 15.4. The van der Waals surface area contributed by atoms with Crippen molar-refractivity contribution < 1.29 is 118 Å². The lowest BCUT2D eigenvalue weighted by atomic mass is 9.94. The van der Waals surface area contributed by atoms with E-state index in [0.29, 0.717) is 113 Å². The number of carbonyl (C=O) groups is 9. The molecule has 736 valence electrons. The van der Waals surface area contributed by atoms with Gasteiger partial charge in [-0.05, 0) is 319 Å². The van der Waals surface area contributed by atoms with Crippen molar-refractivity contribution in [3.05, 3.63) is 271 Å². The van der Waals surface area contributed by atoms with Crippen LogP contribution in [-0.2, 0) is 47.6 Å². The normalized spacial score (nSPS) is 21.9. The fourth-order valence-electron chi connectivity index (χ4n) is 19.7. The third kappa shape index (κ3) is 22.7. The Balaban J connectivity index is 0.000000156. The predicted octanol–water partition coefficient (Wildman–Crippen LogP) is 19.1. The van der Waals surface area contributed by atoms with E-state index < -0.39 is 187 Å². The van der Waals surface area contributed by atoms with Crippen LogP contribution in [0.1, 0.15) is 216 Å². The van der Waals surface area contributed by atoms with Crippen LogP contribution in [0.25, 0.3) is 0 Å². The summed E-state index contributed by atoms with van der Waals surface area (Å²) in [4.78, 5) is 118. The van der Waals surface area contributed by atoms with Crippen LogP contribution in [0.3, 0.4) is 0 Å². The summed E-state index contributed by atoms with van der Waals surface area (Å²) < 4.78 is 240. The van der Waals surface area contributed by atoms with Gasteiger partial charge >= 0.3 is 29.8 Å². The van der Waals surface area contributed by atoms with Crippen molar-refractivity contribution in [3.8, 4) is 0 Å². The first-order valence-corrected chi connectivity index (χ1v) is 45.0. The summed E-state index contributed by atoms with van der Waals surface area (Å²) in [5.41, 5.74) is 7.58. The van der Waals surface area contributed by atoms with Gasteiger partial charge < -0.3 is 67.7 Å². The number of halogens is 16. The first-order chi connectivity index (χ1) is 64.8. The number of hydrogen-bond acceptors (Lipinski definition) is 13. The Morgan fingerprint density at radius 3 is 0.790 bits per heavy atom. The largest absolute Gasteiger partial charge is 0.444 e. The molecule has 8 heterocycles. The minimum atomic E-state index is -4.24. The third-order valence-electron chi connectivity index (χ3n) is 26.2. The van der Waals surface area contributed by atoms with E-state index in [1.807, 2.05) is 0 Å². The van der Waals surface area contributed by atoms with Gasteiger partial charge in [0.1, 0.15) is 52.1 Å². The number of allylic oxidation sites excluding steroid dienone is 1. The number of alkyl halides is 8. The van der Waals surface area contributed by atoms with Gasteiger partial charge in [-0.1, -0.05) is 6.58 Å². The third-order valence-corrected chi connectivity index (χ3v) is 26.2. The van der Waals surface area contributed by atoms with E-state index in [1.54, 1.807) is 25.7 Å². The molecule has 38 heteroatoms. The number of anilines is 4. The smallest absolute Gasteiger partial charge is 0.407 e. The molecule has 0 spiro atoms. The molecule has 8 aromatic rings. The van der Waals surface area contributed by atoms with Crippen molar-refractivity contribution in [3.63, 3.8) is 0 Å². The number of ether oxygens (including phenoxy) is 1. The maximum Gasteiger partial charge on any atom is 0.407 e. The average Bonchev–Trinajstić information content (AvgIpc) is 1.65. The zero-order chi connectivity index (χ0) is 101. The van der Waals surface area contributed by atoms with Gasteiger partial charge in [0.2, 0.25) is 5.91 Å². The minimum absolute atomic E-state index is 0.0379. The molecule has 12 atom stereocenters. The minimum Gasteiger partial charge on any atom is -0.444 e. The van der Waals surface area contributed by atoms with E-state index in [9.17, 15) is 78.3 Å². The highest BCUT2D eigenvalue weighted by atomic mass is 19.3. The fraction of sp³-hybridized carbons (Fsp3) is 0.410. The van der Waals surface area contributed by atoms with Crippen LogP contribution >= 0.6 is 0 Å². The number of nitrogens with two attached hydrogens (primary N) is 2. The van der Waals surface area contributed by atoms with Gasteiger partial charge in [-0.15, -0.1) is 0 Å². The second kappa shape index (κ2) is 41.0. The van der Waals surface area contributed by atoms with Crippen molar-refractivity contribution in [1.82, 2.24) is 30.2 Å². The van der Waals surface area contributed by atoms with Crippen LogP contribution in [0.5, 0.6) is 0 Å². The van der Waals surface area contributed by atoms with E-state index in [0.717, 1.165) is 94.3 Å². The quantitative estimate of drug-likeness (QED) is 0.0350. The predicted molar refractivity (Wildman–Crippen MR) is 480 cm³/mol. The molecular formula is C100H104F16N12O10. The van der Waals surface area contributed by atoms with E-state index in [1.165, 1.54) is 89.2 Å². The molecule has 22 nitrogen and oxygen atoms in total. The maximum atomic E-state index is 15.5. The van der Waals surface area contributed by atoms with Gasteiger partial charge in [0, 0.05) is 124 Å². The Morgan fingerprint density at radius 1 is 0.326 bits per heavy atom. The molecule has 8 aliphatic rings. The lowest BCUT2D eigenvalue weighted by Crippen LogP contribution is -2.56. The highest BCUT2D eigenvalue weighted by Gasteiger charge is 2.58. The fourth-order valence-corrected chi connectivity index (χ4v) is 19.7.